The van der Waals surface area contributed by atoms with Gasteiger partial charge in [0.25, 0.3) is 0 Å². The number of likely N-dealkylation sites (tertiary alicyclic amines) is 1. The second kappa shape index (κ2) is 12.1. The lowest BCUT2D eigenvalue weighted by Gasteiger charge is -2.40. The van der Waals surface area contributed by atoms with E-state index in [0.717, 1.165) is 39.0 Å². The molecule has 1 heterocycles. The van der Waals surface area contributed by atoms with Gasteiger partial charge in [-0.1, -0.05) is 58.4 Å². The standard InChI is InChI=1S/C28H49N3/c1-22(2)13-19-31(26-10-8-24(9-11-26)12-16-28(5,6)7)27-14-17-30(18-15-27)21-25(29)20-23(3)4/h8-11,13,23,25,27H,12,14-21,29H2,1-7H3. The summed E-state index contributed by atoms with van der Waals surface area (Å²) in [7, 11) is 0. The molecule has 0 amide bonds. The van der Waals surface area contributed by atoms with Crippen molar-refractivity contribution in [2.75, 3.05) is 31.1 Å². The van der Waals surface area contributed by atoms with E-state index in [-0.39, 0.29) is 0 Å². The molecule has 0 aliphatic carbocycles. The molecule has 31 heavy (non-hydrogen) atoms. The Morgan fingerprint density at radius 1 is 1.13 bits per heavy atom. The van der Waals surface area contributed by atoms with Gasteiger partial charge in [0.05, 0.1) is 0 Å². The lowest BCUT2D eigenvalue weighted by molar-refractivity contribution is 0.193. The van der Waals surface area contributed by atoms with Crippen LogP contribution in [0.25, 0.3) is 0 Å². The molecular formula is C28H49N3. The number of nitrogens with zero attached hydrogens (tertiary/aromatic N) is 2. The van der Waals surface area contributed by atoms with Crippen molar-refractivity contribution >= 4 is 5.69 Å². The third-order valence-electron chi connectivity index (χ3n) is 6.39. The van der Waals surface area contributed by atoms with Crippen LogP contribution in [0.4, 0.5) is 5.69 Å². The SMILES string of the molecule is CC(C)=CCN(c1ccc(CCC(C)(C)C)cc1)C1CCN(CC(N)CC(C)C)CC1. The molecule has 1 saturated heterocycles. The van der Waals surface area contributed by atoms with Gasteiger partial charge in [0.1, 0.15) is 0 Å². The molecule has 1 aromatic carbocycles. The van der Waals surface area contributed by atoms with Crippen molar-refractivity contribution in [1.82, 2.24) is 4.90 Å². The molecule has 0 spiro atoms. The molecule has 1 aliphatic heterocycles. The van der Waals surface area contributed by atoms with Crippen molar-refractivity contribution in [3.05, 3.63) is 41.5 Å². The molecule has 1 aliphatic rings. The molecule has 3 heteroatoms. The zero-order valence-corrected chi connectivity index (χ0v) is 21.5. The molecule has 1 atom stereocenters. The maximum absolute atomic E-state index is 6.38. The third kappa shape index (κ3) is 9.78. The van der Waals surface area contributed by atoms with E-state index in [1.165, 1.54) is 36.1 Å². The molecule has 2 rings (SSSR count). The Bertz CT molecular complexity index is 656. The average Bonchev–Trinajstić information content (AvgIpc) is 2.67. The van der Waals surface area contributed by atoms with Gasteiger partial charge in [-0.15, -0.1) is 0 Å². The van der Waals surface area contributed by atoms with E-state index >= 15 is 0 Å². The lowest BCUT2D eigenvalue weighted by atomic mass is 9.88. The van der Waals surface area contributed by atoms with Crippen molar-refractivity contribution in [3.8, 4) is 0 Å². The van der Waals surface area contributed by atoms with Crippen LogP contribution < -0.4 is 10.6 Å². The van der Waals surface area contributed by atoms with E-state index < -0.39 is 0 Å². The molecule has 1 fully saturated rings. The minimum absolute atomic E-state index is 0.305. The van der Waals surface area contributed by atoms with Crippen LogP contribution in [0.15, 0.2) is 35.9 Å². The van der Waals surface area contributed by atoms with Gasteiger partial charge < -0.3 is 15.5 Å². The van der Waals surface area contributed by atoms with Gasteiger partial charge in [-0.2, -0.15) is 0 Å². The van der Waals surface area contributed by atoms with E-state index in [0.29, 0.717) is 23.4 Å². The number of hydrogen-bond acceptors (Lipinski definition) is 3. The number of benzene rings is 1. The molecule has 0 aromatic heterocycles. The summed E-state index contributed by atoms with van der Waals surface area (Å²) in [6, 6.07) is 10.3. The molecule has 0 bridgehead atoms. The zero-order chi connectivity index (χ0) is 23.0. The second-order valence-electron chi connectivity index (χ2n) is 11.6. The van der Waals surface area contributed by atoms with Crippen molar-refractivity contribution in [3.63, 3.8) is 0 Å². The van der Waals surface area contributed by atoms with E-state index in [1.807, 2.05) is 0 Å². The monoisotopic (exact) mass is 427 g/mol. The minimum atomic E-state index is 0.305. The van der Waals surface area contributed by atoms with Crippen LogP contribution in [-0.2, 0) is 6.42 Å². The van der Waals surface area contributed by atoms with E-state index in [9.17, 15) is 0 Å². The van der Waals surface area contributed by atoms with Crippen LogP contribution in [0, 0.1) is 11.3 Å². The first-order valence-electron chi connectivity index (χ1n) is 12.5. The Labute approximate surface area is 193 Å². The van der Waals surface area contributed by atoms with Crippen LogP contribution in [0.3, 0.4) is 0 Å². The van der Waals surface area contributed by atoms with Crippen molar-refractivity contribution in [2.24, 2.45) is 17.1 Å². The molecule has 2 N–H and O–H groups in total. The summed E-state index contributed by atoms with van der Waals surface area (Å²) in [6.45, 7) is 20.3. The Kier molecular flexibility index (Phi) is 10.1. The molecule has 1 aromatic rings. The highest BCUT2D eigenvalue weighted by Gasteiger charge is 2.25. The fraction of sp³-hybridized carbons (Fsp3) is 0.714. The Hall–Kier alpha value is -1.32. The highest BCUT2D eigenvalue weighted by atomic mass is 15.2. The summed E-state index contributed by atoms with van der Waals surface area (Å²) in [6.07, 6.45) is 8.32. The van der Waals surface area contributed by atoms with Crippen LogP contribution in [0.5, 0.6) is 0 Å². The zero-order valence-electron chi connectivity index (χ0n) is 21.5. The number of piperidine rings is 1. The Balaban J connectivity index is 2.00. The third-order valence-corrected chi connectivity index (χ3v) is 6.39. The molecule has 176 valence electrons. The fourth-order valence-electron chi connectivity index (χ4n) is 4.54. The summed E-state index contributed by atoms with van der Waals surface area (Å²) in [5.74, 6) is 0.679. The van der Waals surface area contributed by atoms with Crippen molar-refractivity contribution < 1.29 is 0 Å². The molecular weight excluding hydrogens is 378 g/mol. The second-order valence-corrected chi connectivity index (χ2v) is 11.6. The molecule has 0 saturated carbocycles. The number of hydrogen-bond donors (Lipinski definition) is 1. The van der Waals surface area contributed by atoms with Crippen molar-refractivity contribution in [1.29, 1.82) is 0 Å². The highest BCUT2D eigenvalue weighted by Crippen LogP contribution is 2.26. The number of anilines is 1. The number of aryl methyl sites for hydroxylation is 1. The quantitative estimate of drug-likeness (QED) is 0.446. The summed E-state index contributed by atoms with van der Waals surface area (Å²) >= 11 is 0. The largest absolute Gasteiger partial charge is 0.365 e. The fourth-order valence-corrected chi connectivity index (χ4v) is 4.54. The van der Waals surface area contributed by atoms with Crippen LogP contribution in [0.1, 0.15) is 79.7 Å². The Morgan fingerprint density at radius 3 is 2.26 bits per heavy atom. The van der Waals surface area contributed by atoms with Gasteiger partial charge in [0.15, 0.2) is 0 Å². The van der Waals surface area contributed by atoms with Crippen molar-refractivity contribution in [2.45, 2.75) is 92.7 Å². The average molecular weight is 428 g/mol. The van der Waals surface area contributed by atoms with Crippen LogP contribution in [0.2, 0.25) is 0 Å². The topological polar surface area (TPSA) is 32.5 Å². The minimum Gasteiger partial charge on any atom is -0.365 e. The summed E-state index contributed by atoms with van der Waals surface area (Å²) in [5, 5.41) is 0. The van der Waals surface area contributed by atoms with E-state index in [4.69, 9.17) is 5.73 Å². The predicted octanol–water partition coefficient (Wildman–Crippen LogP) is 6.28. The lowest BCUT2D eigenvalue weighted by Crippen LogP contribution is -2.48. The van der Waals surface area contributed by atoms with Crippen LogP contribution in [-0.4, -0.2) is 43.2 Å². The highest BCUT2D eigenvalue weighted by molar-refractivity contribution is 5.49. The maximum atomic E-state index is 6.38. The van der Waals surface area contributed by atoms with Crippen LogP contribution >= 0.6 is 0 Å². The summed E-state index contributed by atoms with van der Waals surface area (Å²) in [4.78, 5) is 5.21. The van der Waals surface area contributed by atoms with E-state index in [2.05, 4.69) is 88.6 Å². The van der Waals surface area contributed by atoms with Gasteiger partial charge in [-0.05, 0) is 75.0 Å². The number of allylic oxidation sites excluding steroid dienone is 1. The van der Waals surface area contributed by atoms with Gasteiger partial charge in [0.2, 0.25) is 0 Å². The normalized spacial score (nSPS) is 17.1. The predicted molar refractivity (Wildman–Crippen MR) is 138 cm³/mol. The van der Waals surface area contributed by atoms with Gasteiger partial charge in [0, 0.05) is 44.0 Å². The van der Waals surface area contributed by atoms with Gasteiger partial charge in [-0.3, -0.25) is 0 Å². The van der Waals surface area contributed by atoms with Gasteiger partial charge in [-0.25, -0.2) is 0 Å². The molecule has 1 unspecified atom stereocenters. The Morgan fingerprint density at radius 2 is 1.74 bits per heavy atom. The molecule has 0 radical (unpaired) electrons. The molecule has 3 nitrogen and oxygen atoms in total. The smallest absolute Gasteiger partial charge is 0.0371 e. The maximum Gasteiger partial charge on any atom is 0.0371 e. The first-order chi connectivity index (χ1) is 14.5. The first kappa shape index (κ1) is 25.9. The first-order valence-corrected chi connectivity index (χ1v) is 12.5. The summed E-state index contributed by atoms with van der Waals surface area (Å²) in [5.41, 5.74) is 11.0. The van der Waals surface area contributed by atoms with Gasteiger partial charge >= 0.3 is 0 Å². The summed E-state index contributed by atoms with van der Waals surface area (Å²) < 4.78 is 0. The number of rotatable bonds is 10. The van der Waals surface area contributed by atoms with E-state index in [1.54, 1.807) is 0 Å². The number of nitrogens with two attached hydrogens (primary N) is 1.